The van der Waals surface area contributed by atoms with Gasteiger partial charge in [0.1, 0.15) is 5.75 Å². The van der Waals surface area contributed by atoms with Crippen LogP contribution >= 0.6 is 0 Å². The van der Waals surface area contributed by atoms with E-state index in [9.17, 15) is 31.1 Å². The van der Waals surface area contributed by atoms with Crippen LogP contribution in [0.2, 0.25) is 0 Å². The summed E-state index contributed by atoms with van der Waals surface area (Å²) in [5, 5.41) is 6.73. The third-order valence-corrected chi connectivity index (χ3v) is 4.93. The van der Waals surface area contributed by atoms with Crippen molar-refractivity contribution in [2.24, 2.45) is 0 Å². The molecular weight excluding hydrogens is 452 g/mol. The van der Waals surface area contributed by atoms with E-state index in [0.717, 1.165) is 25.0 Å². The first-order chi connectivity index (χ1) is 15.5. The standard InChI is InChI=1S/C22H17F6N3O2/c23-21(24,25)12-33-17-6-2-4-15(10-17)30-20(32)18-11-29-31(19(18)13-7-8-13)16-5-1-3-14(9-16)22(26,27)28/h1-6,9-11,13H,7-8,12H2,(H,30,32). The first-order valence-corrected chi connectivity index (χ1v) is 9.88. The number of carbonyl (C=O) groups is 1. The van der Waals surface area contributed by atoms with E-state index in [4.69, 9.17) is 0 Å². The van der Waals surface area contributed by atoms with Crippen molar-refractivity contribution in [1.82, 2.24) is 9.78 Å². The summed E-state index contributed by atoms with van der Waals surface area (Å²) in [5.74, 6) is -0.695. The summed E-state index contributed by atoms with van der Waals surface area (Å²) in [6.07, 6.45) is -6.25. The van der Waals surface area contributed by atoms with E-state index in [0.29, 0.717) is 5.69 Å². The van der Waals surface area contributed by atoms with Crippen LogP contribution in [0.25, 0.3) is 5.69 Å². The normalized spacial score (nSPS) is 14.2. The molecule has 0 spiro atoms. The fourth-order valence-corrected chi connectivity index (χ4v) is 3.33. The second kappa shape index (κ2) is 8.45. The lowest BCUT2D eigenvalue weighted by Crippen LogP contribution is -2.19. The number of nitrogens with one attached hydrogen (secondary N) is 1. The lowest BCUT2D eigenvalue weighted by atomic mass is 10.1. The minimum absolute atomic E-state index is 0.0377. The molecule has 1 fully saturated rings. The van der Waals surface area contributed by atoms with Crippen LogP contribution in [0.5, 0.6) is 5.75 Å². The Labute approximate surface area is 184 Å². The number of rotatable bonds is 6. The van der Waals surface area contributed by atoms with Crippen molar-refractivity contribution in [2.45, 2.75) is 31.1 Å². The number of benzene rings is 2. The molecule has 1 heterocycles. The summed E-state index contributed by atoms with van der Waals surface area (Å²) in [5.41, 5.74) is 0.202. The largest absolute Gasteiger partial charge is 0.484 e. The van der Waals surface area contributed by atoms with Gasteiger partial charge in [-0.3, -0.25) is 4.79 Å². The van der Waals surface area contributed by atoms with Gasteiger partial charge in [-0.05, 0) is 43.2 Å². The quantitative estimate of drug-likeness (QED) is 0.453. The Morgan fingerprint density at radius 2 is 1.79 bits per heavy atom. The fraction of sp³-hybridized carbons (Fsp3) is 0.273. The van der Waals surface area contributed by atoms with Crippen LogP contribution in [-0.4, -0.2) is 28.5 Å². The van der Waals surface area contributed by atoms with E-state index >= 15 is 0 Å². The van der Waals surface area contributed by atoms with E-state index in [1.165, 1.54) is 47.3 Å². The highest BCUT2D eigenvalue weighted by atomic mass is 19.4. The van der Waals surface area contributed by atoms with Crippen LogP contribution < -0.4 is 10.1 Å². The zero-order valence-corrected chi connectivity index (χ0v) is 16.9. The Morgan fingerprint density at radius 3 is 2.45 bits per heavy atom. The van der Waals surface area contributed by atoms with Crippen molar-refractivity contribution in [3.63, 3.8) is 0 Å². The first kappa shape index (κ1) is 22.7. The molecule has 0 radical (unpaired) electrons. The Hall–Kier alpha value is -3.50. The van der Waals surface area contributed by atoms with Crippen molar-refractivity contribution >= 4 is 11.6 Å². The van der Waals surface area contributed by atoms with Crippen molar-refractivity contribution < 1.29 is 35.9 Å². The molecule has 0 atom stereocenters. The average Bonchev–Trinajstić information content (AvgIpc) is 3.49. The minimum atomic E-state index is -4.53. The van der Waals surface area contributed by atoms with Gasteiger partial charge >= 0.3 is 12.4 Å². The van der Waals surface area contributed by atoms with Gasteiger partial charge in [0.2, 0.25) is 0 Å². The molecular formula is C22H17F6N3O2. The van der Waals surface area contributed by atoms with Crippen LogP contribution in [0.15, 0.2) is 54.7 Å². The van der Waals surface area contributed by atoms with Crippen LogP contribution in [0.3, 0.4) is 0 Å². The monoisotopic (exact) mass is 469 g/mol. The highest BCUT2D eigenvalue weighted by molar-refractivity contribution is 6.05. The molecule has 1 aliphatic rings. The third-order valence-electron chi connectivity index (χ3n) is 4.93. The number of ether oxygens (including phenoxy) is 1. The van der Waals surface area contributed by atoms with Crippen LogP contribution in [-0.2, 0) is 6.18 Å². The lowest BCUT2D eigenvalue weighted by Gasteiger charge is -2.13. The second-order valence-corrected chi connectivity index (χ2v) is 7.56. The molecule has 33 heavy (non-hydrogen) atoms. The van der Waals surface area contributed by atoms with E-state index in [-0.39, 0.29) is 28.6 Å². The van der Waals surface area contributed by atoms with Gasteiger partial charge in [-0.2, -0.15) is 31.4 Å². The fourth-order valence-electron chi connectivity index (χ4n) is 3.33. The number of carbonyl (C=O) groups excluding carboxylic acids is 1. The summed E-state index contributed by atoms with van der Waals surface area (Å²) < 4.78 is 82.5. The molecule has 0 saturated heterocycles. The van der Waals surface area contributed by atoms with E-state index in [1.54, 1.807) is 0 Å². The highest BCUT2D eigenvalue weighted by Crippen LogP contribution is 2.43. The summed E-state index contributed by atoms with van der Waals surface area (Å²) in [6.45, 7) is -1.47. The molecule has 1 amide bonds. The van der Waals surface area contributed by atoms with E-state index in [1.807, 2.05) is 0 Å². The van der Waals surface area contributed by atoms with Crippen LogP contribution in [0.4, 0.5) is 32.0 Å². The SMILES string of the molecule is O=C(Nc1cccc(OCC(F)(F)F)c1)c1cnn(-c2cccc(C(F)(F)F)c2)c1C1CC1. The molecule has 1 saturated carbocycles. The number of hydrogen-bond donors (Lipinski definition) is 1. The summed E-state index contributed by atoms with van der Waals surface area (Å²) in [7, 11) is 0. The summed E-state index contributed by atoms with van der Waals surface area (Å²) in [6, 6.07) is 10.1. The number of aromatic nitrogens is 2. The molecule has 3 aromatic rings. The average molecular weight is 469 g/mol. The molecule has 0 bridgehead atoms. The van der Waals surface area contributed by atoms with Crippen molar-refractivity contribution in [1.29, 1.82) is 0 Å². The predicted molar refractivity (Wildman–Crippen MR) is 106 cm³/mol. The van der Waals surface area contributed by atoms with Gasteiger partial charge in [0, 0.05) is 17.7 Å². The zero-order valence-electron chi connectivity index (χ0n) is 16.9. The number of nitrogens with zero attached hydrogens (tertiary/aromatic N) is 2. The second-order valence-electron chi connectivity index (χ2n) is 7.56. The Morgan fingerprint density at radius 1 is 1.06 bits per heavy atom. The van der Waals surface area contributed by atoms with Gasteiger partial charge in [-0.25, -0.2) is 4.68 Å². The molecule has 0 aliphatic heterocycles. The zero-order chi connectivity index (χ0) is 23.8. The molecule has 0 unspecified atom stereocenters. The lowest BCUT2D eigenvalue weighted by molar-refractivity contribution is -0.153. The number of alkyl halides is 6. The first-order valence-electron chi connectivity index (χ1n) is 9.88. The molecule has 4 rings (SSSR count). The van der Waals surface area contributed by atoms with Gasteiger partial charge in [0.15, 0.2) is 6.61 Å². The molecule has 1 aromatic heterocycles. The Bertz CT molecular complexity index is 1170. The van der Waals surface area contributed by atoms with E-state index < -0.39 is 30.4 Å². The Balaban J connectivity index is 1.58. The molecule has 2 aromatic carbocycles. The number of anilines is 1. The predicted octanol–water partition coefficient (Wildman–Crippen LogP) is 5.96. The molecule has 1 aliphatic carbocycles. The number of halogens is 6. The maximum absolute atomic E-state index is 13.1. The van der Waals surface area contributed by atoms with Crippen LogP contribution in [0.1, 0.15) is 40.4 Å². The maximum atomic E-state index is 13.1. The number of amides is 1. The summed E-state index contributed by atoms with van der Waals surface area (Å²) >= 11 is 0. The molecule has 1 N–H and O–H groups in total. The third kappa shape index (κ3) is 5.47. The van der Waals surface area contributed by atoms with Gasteiger partial charge < -0.3 is 10.1 Å². The van der Waals surface area contributed by atoms with Crippen LogP contribution in [0, 0.1) is 0 Å². The van der Waals surface area contributed by atoms with E-state index in [2.05, 4.69) is 15.2 Å². The summed E-state index contributed by atoms with van der Waals surface area (Å²) in [4.78, 5) is 12.9. The maximum Gasteiger partial charge on any atom is 0.422 e. The minimum Gasteiger partial charge on any atom is -0.484 e. The van der Waals surface area contributed by atoms with Crippen molar-refractivity contribution in [2.75, 3.05) is 11.9 Å². The molecule has 11 heteroatoms. The van der Waals surface area contributed by atoms with Gasteiger partial charge in [-0.1, -0.05) is 12.1 Å². The van der Waals surface area contributed by atoms with Gasteiger partial charge in [0.25, 0.3) is 5.91 Å². The molecule has 5 nitrogen and oxygen atoms in total. The molecule has 174 valence electrons. The number of hydrogen-bond acceptors (Lipinski definition) is 3. The van der Waals surface area contributed by atoms with Gasteiger partial charge in [0.05, 0.1) is 28.7 Å². The Kier molecular flexibility index (Phi) is 5.81. The topological polar surface area (TPSA) is 56.1 Å². The van der Waals surface area contributed by atoms with Crippen molar-refractivity contribution in [3.8, 4) is 11.4 Å². The van der Waals surface area contributed by atoms with Crippen molar-refractivity contribution in [3.05, 3.63) is 71.5 Å². The highest BCUT2D eigenvalue weighted by Gasteiger charge is 2.34. The smallest absolute Gasteiger partial charge is 0.422 e. The van der Waals surface area contributed by atoms with Gasteiger partial charge in [-0.15, -0.1) is 0 Å².